The van der Waals surface area contributed by atoms with Crippen LogP contribution >= 0.6 is 11.6 Å². The Bertz CT molecular complexity index is 463. The standard InChI is InChI=1S/C15H19ClN2O/c16-12-3-1-2-11(8-12)9-15(19)18-13-4-5-14(18)10-17-7-6-13/h1-3,8,13-14,17H,4-7,9-10H2. The van der Waals surface area contributed by atoms with Gasteiger partial charge in [0.15, 0.2) is 0 Å². The highest BCUT2D eigenvalue weighted by atomic mass is 35.5. The van der Waals surface area contributed by atoms with Crippen LogP contribution < -0.4 is 5.32 Å². The minimum Gasteiger partial charge on any atom is -0.335 e. The van der Waals surface area contributed by atoms with Crippen molar-refractivity contribution in [2.75, 3.05) is 13.1 Å². The fraction of sp³-hybridized carbons (Fsp3) is 0.533. The molecule has 1 N–H and O–H groups in total. The maximum absolute atomic E-state index is 12.5. The summed E-state index contributed by atoms with van der Waals surface area (Å²) in [5, 5.41) is 4.12. The van der Waals surface area contributed by atoms with Crippen LogP contribution in [0.1, 0.15) is 24.8 Å². The molecule has 0 aliphatic carbocycles. The van der Waals surface area contributed by atoms with E-state index in [-0.39, 0.29) is 5.91 Å². The molecular weight excluding hydrogens is 260 g/mol. The van der Waals surface area contributed by atoms with Crippen LogP contribution in [0.15, 0.2) is 24.3 Å². The predicted molar refractivity (Wildman–Crippen MR) is 76.3 cm³/mol. The molecule has 4 heteroatoms. The zero-order valence-corrected chi connectivity index (χ0v) is 11.7. The van der Waals surface area contributed by atoms with E-state index in [9.17, 15) is 4.79 Å². The van der Waals surface area contributed by atoms with Gasteiger partial charge >= 0.3 is 0 Å². The summed E-state index contributed by atoms with van der Waals surface area (Å²) in [7, 11) is 0. The summed E-state index contributed by atoms with van der Waals surface area (Å²) < 4.78 is 0. The number of nitrogens with zero attached hydrogens (tertiary/aromatic N) is 1. The number of amides is 1. The van der Waals surface area contributed by atoms with E-state index in [2.05, 4.69) is 10.2 Å². The minimum absolute atomic E-state index is 0.249. The Hall–Kier alpha value is -1.06. The number of carbonyl (C=O) groups is 1. The van der Waals surface area contributed by atoms with Crippen LogP contribution in [0.25, 0.3) is 0 Å². The molecule has 1 aromatic rings. The summed E-state index contributed by atoms with van der Waals surface area (Å²) >= 11 is 5.97. The first-order chi connectivity index (χ1) is 9.24. The largest absolute Gasteiger partial charge is 0.335 e. The summed E-state index contributed by atoms with van der Waals surface area (Å²) in [5.74, 6) is 0.249. The van der Waals surface area contributed by atoms with Crippen LogP contribution in [0.5, 0.6) is 0 Å². The van der Waals surface area contributed by atoms with Crippen molar-refractivity contribution >= 4 is 17.5 Å². The minimum atomic E-state index is 0.249. The molecule has 0 aromatic heterocycles. The summed E-state index contributed by atoms with van der Waals surface area (Å²) in [5.41, 5.74) is 1.01. The van der Waals surface area contributed by atoms with Gasteiger partial charge in [0.05, 0.1) is 6.42 Å². The zero-order chi connectivity index (χ0) is 13.2. The molecule has 2 bridgehead atoms. The highest BCUT2D eigenvalue weighted by molar-refractivity contribution is 6.30. The van der Waals surface area contributed by atoms with Crippen molar-refractivity contribution in [3.8, 4) is 0 Å². The predicted octanol–water partition coefficient (Wildman–Crippen LogP) is 2.24. The number of benzene rings is 1. The number of hydrogen-bond acceptors (Lipinski definition) is 2. The number of hydrogen-bond donors (Lipinski definition) is 1. The van der Waals surface area contributed by atoms with Crippen molar-refractivity contribution in [2.45, 2.75) is 37.8 Å². The molecule has 19 heavy (non-hydrogen) atoms. The second-order valence-corrected chi connectivity index (χ2v) is 5.92. The Balaban J connectivity index is 1.73. The Kier molecular flexibility index (Phi) is 3.76. The third-order valence-corrected chi connectivity index (χ3v) is 4.42. The molecule has 3 rings (SSSR count). The van der Waals surface area contributed by atoms with Gasteiger partial charge in [0, 0.05) is 23.7 Å². The molecule has 2 fully saturated rings. The van der Waals surface area contributed by atoms with Gasteiger partial charge in [-0.15, -0.1) is 0 Å². The fourth-order valence-electron chi connectivity index (χ4n) is 3.30. The van der Waals surface area contributed by atoms with Crippen LogP contribution in [0.2, 0.25) is 5.02 Å². The van der Waals surface area contributed by atoms with E-state index in [4.69, 9.17) is 11.6 Å². The van der Waals surface area contributed by atoms with Crippen molar-refractivity contribution in [2.24, 2.45) is 0 Å². The highest BCUT2D eigenvalue weighted by Gasteiger charge is 2.37. The third-order valence-electron chi connectivity index (χ3n) is 4.19. The van der Waals surface area contributed by atoms with E-state index in [1.807, 2.05) is 24.3 Å². The van der Waals surface area contributed by atoms with Gasteiger partial charge in [-0.3, -0.25) is 4.79 Å². The first-order valence-corrected chi connectivity index (χ1v) is 7.38. The highest BCUT2D eigenvalue weighted by Crippen LogP contribution is 2.28. The number of halogens is 1. The molecule has 1 amide bonds. The smallest absolute Gasteiger partial charge is 0.227 e. The number of nitrogens with one attached hydrogen (secondary N) is 1. The summed E-state index contributed by atoms with van der Waals surface area (Å²) in [6.07, 6.45) is 3.85. The Morgan fingerprint density at radius 1 is 1.32 bits per heavy atom. The van der Waals surface area contributed by atoms with Gasteiger partial charge in [0.2, 0.25) is 5.91 Å². The van der Waals surface area contributed by atoms with Gasteiger partial charge in [-0.2, -0.15) is 0 Å². The topological polar surface area (TPSA) is 32.3 Å². The van der Waals surface area contributed by atoms with E-state index in [1.165, 1.54) is 0 Å². The lowest BCUT2D eigenvalue weighted by Crippen LogP contribution is -2.43. The molecule has 2 atom stereocenters. The summed E-state index contributed by atoms with van der Waals surface area (Å²) in [6.45, 7) is 1.97. The van der Waals surface area contributed by atoms with Crippen molar-refractivity contribution in [1.29, 1.82) is 0 Å². The van der Waals surface area contributed by atoms with Crippen LogP contribution in [0.4, 0.5) is 0 Å². The van der Waals surface area contributed by atoms with Gasteiger partial charge in [-0.25, -0.2) is 0 Å². The zero-order valence-electron chi connectivity index (χ0n) is 10.9. The Labute approximate surface area is 118 Å². The molecule has 0 spiro atoms. The number of rotatable bonds is 2. The van der Waals surface area contributed by atoms with E-state index in [1.54, 1.807) is 0 Å². The van der Waals surface area contributed by atoms with Crippen LogP contribution in [-0.4, -0.2) is 36.0 Å². The molecule has 2 unspecified atom stereocenters. The number of carbonyl (C=O) groups excluding carboxylic acids is 1. The summed E-state index contributed by atoms with van der Waals surface area (Å²) in [6, 6.07) is 8.43. The average molecular weight is 279 g/mol. The van der Waals surface area contributed by atoms with Crippen molar-refractivity contribution in [1.82, 2.24) is 10.2 Å². The molecule has 0 saturated carbocycles. The quantitative estimate of drug-likeness (QED) is 0.900. The van der Waals surface area contributed by atoms with Crippen LogP contribution in [-0.2, 0) is 11.2 Å². The Morgan fingerprint density at radius 2 is 2.16 bits per heavy atom. The molecule has 2 saturated heterocycles. The van der Waals surface area contributed by atoms with Crippen molar-refractivity contribution in [3.05, 3.63) is 34.9 Å². The molecule has 2 aliphatic rings. The molecule has 2 heterocycles. The SMILES string of the molecule is O=C(Cc1cccc(Cl)c1)N1C2CCNCC1CC2. The van der Waals surface area contributed by atoms with Crippen LogP contribution in [0, 0.1) is 0 Å². The first kappa shape index (κ1) is 12.9. The van der Waals surface area contributed by atoms with Gasteiger partial charge < -0.3 is 10.2 Å². The van der Waals surface area contributed by atoms with E-state index in [0.717, 1.165) is 37.9 Å². The fourth-order valence-corrected chi connectivity index (χ4v) is 3.52. The van der Waals surface area contributed by atoms with Crippen molar-refractivity contribution in [3.63, 3.8) is 0 Å². The van der Waals surface area contributed by atoms with Gasteiger partial charge in [-0.05, 0) is 43.5 Å². The third kappa shape index (κ3) is 2.77. The molecule has 0 radical (unpaired) electrons. The van der Waals surface area contributed by atoms with Crippen LogP contribution in [0.3, 0.4) is 0 Å². The number of fused-ring (bicyclic) bond motifs is 2. The molecule has 1 aromatic carbocycles. The summed E-state index contributed by atoms with van der Waals surface area (Å²) in [4.78, 5) is 14.7. The lowest BCUT2D eigenvalue weighted by atomic mass is 10.1. The average Bonchev–Trinajstić information content (AvgIpc) is 2.63. The normalized spacial score (nSPS) is 26.3. The van der Waals surface area contributed by atoms with Crippen molar-refractivity contribution < 1.29 is 4.79 Å². The van der Waals surface area contributed by atoms with Gasteiger partial charge in [0.1, 0.15) is 0 Å². The lowest BCUT2D eigenvalue weighted by molar-refractivity contribution is -0.133. The van der Waals surface area contributed by atoms with E-state index in [0.29, 0.717) is 23.5 Å². The molecule has 102 valence electrons. The van der Waals surface area contributed by atoms with E-state index < -0.39 is 0 Å². The maximum atomic E-state index is 12.5. The monoisotopic (exact) mass is 278 g/mol. The molecule has 3 nitrogen and oxygen atoms in total. The maximum Gasteiger partial charge on any atom is 0.227 e. The second-order valence-electron chi connectivity index (χ2n) is 5.49. The first-order valence-electron chi connectivity index (χ1n) is 7.00. The lowest BCUT2D eigenvalue weighted by Gasteiger charge is -2.28. The Morgan fingerprint density at radius 3 is 3.00 bits per heavy atom. The van der Waals surface area contributed by atoms with Gasteiger partial charge in [0.25, 0.3) is 0 Å². The second kappa shape index (κ2) is 5.51. The molecular formula is C15H19ClN2O. The van der Waals surface area contributed by atoms with Gasteiger partial charge in [-0.1, -0.05) is 23.7 Å². The molecule has 2 aliphatic heterocycles. The van der Waals surface area contributed by atoms with E-state index >= 15 is 0 Å².